The fourth-order valence-corrected chi connectivity index (χ4v) is 6.31. The van der Waals surface area contributed by atoms with Gasteiger partial charge in [-0.15, -0.1) is 0 Å². The van der Waals surface area contributed by atoms with Crippen molar-refractivity contribution in [3.05, 3.63) is 69.3 Å². The summed E-state index contributed by atoms with van der Waals surface area (Å²) >= 11 is 0. The van der Waals surface area contributed by atoms with Gasteiger partial charge >= 0.3 is 37.8 Å². The van der Waals surface area contributed by atoms with E-state index in [0.29, 0.717) is 44.9 Å². The third kappa shape index (κ3) is 6.66. The molecule has 0 saturated carbocycles. The summed E-state index contributed by atoms with van der Waals surface area (Å²) in [4.78, 5) is 39.8. The molecule has 2 unspecified atom stereocenters. The van der Waals surface area contributed by atoms with Gasteiger partial charge in [0.25, 0.3) is 0 Å². The number of carboxylic acids is 2. The molecule has 8 bridgehead atoms. The van der Waals surface area contributed by atoms with Crippen molar-refractivity contribution in [2.24, 2.45) is 0 Å². The Morgan fingerprint density at radius 3 is 1.82 bits per heavy atom. The number of fused-ring (bicyclic) bond motifs is 8. The minimum absolute atomic E-state index is 0. The Hall–Kier alpha value is -3.67. The van der Waals surface area contributed by atoms with Crippen molar-refractivity contribution >= 4 is 82.1 Å². The maximum absolute atomic E-state index is 11.6. The van der Waals surface area contributed by atoms with E-state index < -0.39 is 24.1 Å². The summed E-state index contributed by atoms with van der Waals surface area (Å²) in [5, 5.41) is 40.5. The number of allylic oxidation sites excluding steroid dienone is 3. The Morgan fingerprint density at radius 1 is 0.689 bits per heavy atom. The fraction of sp³-hybridized carbons (Fsp3) is 0.353. The normalized spacial score (nSPS) is 14.4. The van der Waals surface area contributed by atoms with Crippen LogP contribution in [0.15, 0.2) is 24.3 Å². The molecule has 10 nitrogen and oxygen atoms in total. The first-order chi connectivity index (χ1) is 20.8. The Bertz CT molecular complexity index is 1930. The van der Waals surface area contributed by atoms with Gasteiger partial charge in [0.05, 0.1) is 35.0 Å². The van der Waals surface area contributed by atoms with Crippen molar-refractivity contribution in [3.63, 3.8) is 0 Å². The molecule has 2 aliphatic heterocycles. The molecule has 0 radical (unpaired) electrons. The number of aromatic amines is 2. The topological polar surface area (TPSA) is 172 Å². The second-order valence-corrected chi connectivity index (χ2v) is 11.7. The predicted molar refractivity (Wildman–Crippen MR) is 181 cm³/mol. The third-order valence-corrected chi connectivity index (χ3v) is 8.65. The average molecular weight is 717 g/mol. The molecule has 2 aliphatic rings. The predicted octanol–water partition coefficient (Wildman–Crippen LogP) is 4.93. The summed E-state index contributed by atoms with van der Waals surface area (Å²) in [5.41, 5.74) is 11.7. The van der Waals surface area contributed by atoms with Gasteiger partial charge in [0, 0.05) is 46.0 Å². The van der Waals surface area contributed by atoms with E-state index in [1.54, 1.807) is 13.8 Å². The first-order valence-corrected chi connectivity index (χ1v) is 14.7. The van der Waals surface area contributed by atoms with Crippen LogP contribution in [0.2, 0.25) is 0 Å². The van der Waals surface area contributed by atoms with Crippen LogP contribution in [0, 0.1) is 13.8 Å². The second-order valence-electron chi connectivity index (χ2n) is 11.7. The molecule has 11 heteroatoms. The number of nitrogens with one attached hydrogen (secondary N) is 2. The van der Waals surface area contributed by atoms with Gasteiger partial charge in [0.2, 0.25) is 0 Å². The number of aliphatic hydroxyl groups excluding tert-OH is 2. The number of aryl methyl sites for hydroxylation is 3. The maximum atomic E-state index is 11.6. The SMILES string of the molecule is CC1=C(CCC(=O)O)c2cc3[nH]c(cc4nc(cc5[nH]c(cc1n2)c(C(C)O)c5C)C(C(C)O)=C4C)c(C)c3CCC(=O)O.[InH3]. The Morgan fingerprint density at radius 2 is 1.20 bits per heavy atom. The van der Waals surface area contributed by atoms with E-state index in [9.17, 15) is 30.0 Å². The van der Waals surface area contributed by atoms with Gasteiger partial charge in [-0.1, -0.05) is 0 Å². The molecule has 0 aromatic carbocycles. The van der Waals surface area contributed by atoms with Gasteiger partial charge in [0.1, 0.15) is 0 Å². The summed E-state index contributed by atoms with van der Waals surface area (Å²) in [6.07, 6.45) is -1.16. The molecule has 5 rings (SSSR count). The number of aliphatic hydroxyl groups is 2. The Balaban J connectivity index is 0.00000461. The summed E-state index contributed by atoms with van der Waals surface area (Å²) in [5.74, 6) is -1.83. The van der Waals surface area contributed by atoms with Gasteiger partial charge in [-0.25, -0.2) is 9.97 Å². The van der Waals surface area contributed by atoms with Crippen molar-refractivity contribution in [1.29, 1.82) is 0 Å². The van der Waals surface area contributed by atoms with E-state index >= 15 is 0 Å². The average Bonchev–Trinajstić information content (AvgIpc) is 3.59. The second kappa shape index (κ2) is 13.4. The van der Waals surface area contributed by atoms with E-state index in [1.165, 1.54) is 0 Å². The molecule has 0 fully saturated rings. The molecule has 236 valence electrons. The Labute approximate surface area is 279 Å². The number of carbonyl (C=O) groups is 2. The van der Waals surface area contributed by atoms with E-state index in [4.69, 9.17) is 9.97 Å². The van der Waals surface area contributed by atoms with Crippen LogP contribution in [0.3, 0.4) is 0 Å². The minimum atomic E-state index is -0.917. The molecule has 6 N–H and O–H groups in total. The van der Waals surface area contributed by atoms with E-state index in [2.05, 4.69) is 9.97 Å². The molecular weight excluding hydrogens is 675 g/mol. The number of H-pyrrole nitrogens is 2. The molecule has 45 heavy (non-hydrogen) atoms. The van der Waals surface area contributed by atoms with Crippen molar-refractivity contribution < 1.29 is 30.0 Å². The van der Waals surface area contributed by atoms with Gasteiger partial charge < -0.3 is 30.4 Å². The number of carboxylic acid groups (broad SMARTS) is 2. The first-order valence-electron chi connectivity index (χ1n) is 14.7. The molecule has 0 aliphatic carbocycles. The summed E-state index contributed by atoms with van der Waals surface area (Å²) in [7, 11) is 0. The molecule has 3 aromatic rings. The molecule has 5 heterocycles. The summed E-state index contributed by atoms with van der Waals surface area (Å²) < 4.78 is 0. The van der Waals surface area contributed by atoms with E-state index in [0.717, 1.165) is 44.4 Å². The van der Waals surface area contributed by atoms with Crippen LogP contribution < -0.4 is 0 Å². The molecule has 3 aromatic heterocycles. The number of aromatic nitrogens is 4. The van der Waals surface area contributed by atoms with Crippen molar-refractivity contribution in [2.75, 3.05) is 0 Å². The number of hydrogen-bond donors (Lipinski definition) is 6. The molecule has 0 amide bonds. The van der Waals surface area contributed by atoms with Crippen LogP contribution in [0.1, 0.15) is 98.1 Å². The molecule has 0 spiro atoms. The van der Waals surface area contributed by atoms with E-state index in [1.807, 2.05) is 52.0 Å². The third-order valence-electron chi connectivity index (χ3n) is 8.65. The first kappa shape index (κ1) is 34.2. The van der Waals surface area contributed by atoms with Crippen molar-refractivity contribution in [2.45, 2.75) is 79.4 Å². The number of nitrogens with zero attached hydrogens (tertiary/aromatic N) is 2. The van der Waals surface area contributed by atoms with Crippen LogP contribution >= 0.6 is 0 Å². The number of aliphatic carboxylic acids is 2. The van der Waals surface area contributed by atoms with Gasteiger partial charge in [-0.2, -0.15) is 0 Å². The van der Waals surface area contributed by atoms with Gasteiger partial charge in [-0.05, 0) is 112 Å². The zero-order chi connectivity index (χ0) is 32.0. The standard InChI is InChI=1S/C34H38N4O6.In.3H/c1-15-21(7-9-31(41)42)27-14-28-22(8-10-32(43)44)16(2)24(36-28)12-29-34(20(6)40)18(4)26(38-29)13-30-33(19(5)39)17(3)25(37-30)11-23(15)35-27;;;;/h11-14,19-20,35,38-40H,7-10H2,1-6H3,(H,41,42)(H,43,44);;;;. The summed E-state index contributed by atoms with van der Waals surface area (Å²) in [6.45, 7) is 11.1. The van der Waals surface area contributed by atoms with Crippen molar-refractivity contribution in [3.8, 4) is 0 Å². The van der Waals surface area contributed by atoms with Gasteiger partial charge in [-0.3, -0.25) is 9.59 Å². The monoisotopic (exact) mass is 716 g/mol. The zero-order valence-electron chi connectivity index (χ0n) is 25.8. The number of hydrogen-bond acceptors (Lipinski definition) is 6. The van der Waals surface area contributed by atoms with Crippen LogP contribution in [-0.4, -0.2) is 84.2 Å². The molecule has 0 saturated heterocycles. The zero-order valence-corrected chi connectivity index (χ0v) is 25.8. The van der Waals surface area contributed by atoms with E-state index in [-0.39, 0.29) is 51.5 Å². The summed E-state index contributed by atoms with van der Waals surface area (Å²) in [6, 6.07) is 7.51. The van der Waals surface area contributed by atoms with Crippen LogP contribution in [-0.2, 0) is 16.0 Å². The fourth-order valence-electron chi connectivity index (χ4n) is 6.31. The van der Waals surface area contributed by atoms with Crippen LogP contribution in [0.4, 0.5) is 0 Å². The van der Waals surface area contributed by atoms with Crippen LogP contribution in [0.5, 0.6) is 0 Å². The molecule has 2 atom stereocenters. The van der Waals surface area contributed by atoms with Gasteiger partial charge in [0.15, 0.2) is 0 Å². The van der Waals surface area contributed by atoms with Crippen LogP contribution in [0.25, 0.3) is 44.4 Å². The number of rotatable bonds is 8. The quantitative estimate of drug-likeness (QED) is 0.191. The molecular formula is C34H41InN4O6. The van der Waals surface area contributed by atoms with Crippen molar-refractivity contribution in [1.82, 2.24) is 19.9 Å². The Kier molecular flexibility index (Phi) is 10.2.